The van der Waals surface area contributed by atoms with Crippen LogP contribution < -0.4 is 0 Å². The van der Waals surface area contributed by atoms with E-state index in [0.717, 1.165) is 50.5 Å². The van der Waals surface area contributed by atoms with E-state index in [0.29, 0.717) is 0 Å². The molecule has 0 saturated carbocycles. The molecule has 1 aliphatic rings. The number of hydrogen-bond acceptors (Lipinski definition) is 3. The molecular weight excluding hydrogens is 372 g/mol. The minimum absolute atomic E-state index is 0.00669. The fourth-order valence-electron chi connectivity index (χ4n) is 4.01. The predicted octanol–water partition coefficient (Wildman–Crippen LogP) is 6.17. The van der Waals surface area contributed by atoms with Crippen LogP contribution in [-0.2, 0) is 27.2 Å². The van der Waals surface area contributed by atoms with Crippen molar-refractivity contribution in [3.8, 4) is 0 Å². The van der Waals surface area contributed by atoms with Crippen molar-refractivity contribution in [1.29, 1.82) is 0 Å². The third-order valence-corrected chi connectivity index (χ3v) is 5.68. The van der Waals surface area contributed by atoms with E-state index < -0.39 is 12.0 Å². The highest BCUT2D eigenvalue weighted by molar-refractivity contribution is 5.96. The van der Waals surface area contributed by atoms with Gasteiger partial charge in [0.05, 0.1) is 12.3 Å². The summed E-state index contributed by atoms with van der Waals surface area (Å²) in [5.41, 5.74) is 3.55. The van der Waals surface area contributed by atoms with E-state index in [4.69, 9.17) is 4.74 Å². The summed E-state index contributed by atoms with van der Waals surface area (Å²) in [5, 5.41) is 0. The van der Waals surface area contributed by atoms with Crippen molar-refractivity contribution in [3.05, 3.63) is 83.4 Å². The summed E-state index contributed by atoms with van der Waals surface area (Å²) in [6, 6.07) is 18.6. The van der Waals surface area contributed by atoms with E-state index in [1.807, 2.05) is 24.3 Å². The molecule has 3 nitrogen and oxygen atoms in total. The first-order valence-electron chi connectivity index (χ1n) is 11.2. The Labute approximate surface area is 180 Å². The highest BCUT2D eigenvalue weighted by Crippen LogP contribution is 2.36. The van der Waals surface area contributed by atoms with E-state index >= 15 is 0 Å². The predicted molar refractivity (Wildman–Crippen MR) is 120 cm³/mol. The second-order valence-electron chi connectivity index (χ2n) is 8.10. The smallest absolute Gasteiger partial charge is 0.307 e. The molecular formula is C27H32O3. The summed E-state index contributed by atoms with van der Waals surface area (Å²) >= 11 is 0. The zero-order valence-corrected chi connectivity index (χ0v) is 17.9. The molecule has 2 atom stereocenters. The lowest BCUT2D eigenvalue weighted by atomic mass is 9.90. The fraction of sp³-hybridized carbons (Fsp3) is 0.407. The third kappa shape index (κ3) is 6.41. The third-order valence-electron chi connectivity index (χ3n) is 5.68. The average Bonchev–Trinajstić information content (AvgIpc) is 3.16. The first-order chi connectivity index (χ1) is 14.7. The van der Waals surface area contributed by atoms with E-state index in [2.05, 4.69) is 43.3 Å². The first-order valence-corrected chi connectivity index (χ1v) is 11.2. The standard InChI is InChI=1S/C27H32O3/c1-2-11-21-16-18-23(19-17-21)27-24(20-26(29)30-27)25(28)15-10-5-3-4-7-12-22-13-8-6-9-14-22/h6,8-10,13-19,24,27H,2-5,7,11-12,20H2,1H3/b15-10+/t24-,27-/m1/s1. The highest BCUT2D eigenvalue weighted by atomic mass is 16.6. The number of hydrogen-bond donors (Lipinski definition) is 0. The highest BCUT2D eigenvalue weighted by Gasteiger charge is 2.39. The van der Waals surface area contributed by atoms with E-state index in [1.54, 1.807) is 6.08 Å². The lowest BCUT2D eigenvalue weighted by Gasteiger charge is -2.16. The maximum atomic E-state index is 12.7. The summed E-state index contributed by atoms with van der Waals surface area (Å²) in [6.07, 6.45) is 10.8. The van der Waals surface area contributed by atoms with Gasteiger partial charge in [0.15, 0.2) is 5.78 Å². The van der Waals surface area contributed by atoms with Gasteiger partial charge in [0.2, 0.25) is 0 Å². The fourth-order valence-corrected chi connectivity index (χ4v) is 4.01. The van der Waals surface area contributed by atoms with Crippen LogP contribution in [0.3, 0.4) is 0 Å². The number of ether oxygens (including phenoxy) is 1. The van der Waals surface area contributed by atoms with Gasteiger partial charge in [0.1, 0.15) is 6.10 Å². The van der Waals surface area contributed by atoms with Gasteiger partial charge in [0, 0.05) is 0 Å². The molecule has 2 aromatic carbocycles. The van der Waals surface area contributed by atoms with Gasteiger partial charge >= 0.3 is 5.97 Å². The molecule has 0 radical (unpaired) electrons. The lowest BCUT2D eigenvalue weighted by Crippen LogP contribution is -2.16. The molecule has 1 aliphatic heterocycles. The maximum absolute atomic E-state index is 12.7. The zero-order valence-electron chi connectivity index (χ0n) is 17.9. The second kappa shape index (κ2) is 11.5. The number of carbonyl (C=O) groups is 2. The molecule has 158 valence electrons. The quantitative estimate of drug-likeness (QED) is 0.255. The SMILES string of the molecule is CCCc1ccc([C@H]2OC(=O)C[C@@H]2C(=O)/C=C/CCCCCc2ccccc2)cc1. The van der Waals surface area contributed by atoms with Gasteiger partial charge < -0.3 is 4.74 Å². The maximum Gasteiger partial charge on any atom is 0.307 e. The Morgan fingerprint density at radius 3 is 2.43 bits per heavy atom. The Kier molecular flexibility index (Phi) is 8.43. The summed E-state index contributed by atoms with van der Waals surface area (Å²) in [7, 11) is 0. The molecule has 2 aromatic rings. The number of allylic oxidation sites excluding steroid dienone is 2. The van der Waals surface area contributed by atoms with Gasteiger partial charge in [-0.05, 0) is 54.9 Å². The van der Waals surface area contributed by atoms with E-state index in [1.165, 1.54) is 11.1 Å². The van der Waals surface area contributed by atoms with Crippen molar-refractivity contribution in [3.63, 3.8) is 0 Å². The van der Waals surface area contributed by atoms with Crippen molar-refractivity contribution in [2.24, 2.45) is 5.92 Å². The van der Waals surface area contributed by atoms with Gasteiger partial charge in [-0.1, -0.05) is 80.4 Å². The van der Waals surface area contributed by atoms with E-state index in [-0.39, 0.29) is 18.2 Å². The number of rotatable bonds is 11. The molecule has 3 rings (SSSR count). The average molecular weight is 405 g/mol. The molecule has 0 spiro atoms. The minimum Gasteiger partial charge on any atom is -0.457 e. The van der Waals surface area contributed by atoms with Crippen molar-refractivity contribution < 1.29 is 14.3 Å². The Morgan fingerprint density at radius 2 is 1.70 bits per heavy atom. The molecule has 0 unspecified atom stereocenters. The summed E-state index contributed by atoms with van der Waals surface area (Å²) in [5.74, 6) is -0.707. The normalized spacial score (nSPS) is 18.6. The van der Waals surface area contributed by atoms with Gasteiger partial charge in [-0.25, -0.2) is 0 Å². The molecule has 0 aromatic heterocycles. The molecule has 3 heteroatoms. The monoisotopic (exact) mass is 404 g/mol. The van der Waals surface area contributed by atoms with Crippen molar-refractivity contribution in [1.82, 2.24) is 0 Å². The molecule has 0 amide bonds. The number of benzene rings is 2. The number of ketones is 1. The molecule has 0 N–H and O–H groups in total. The van der Waals surface area contributed by atoms with Crippen LogP contribution in [0.15, 0.2) is 66.7 Å². The molecule has 0 bridgehead atoms. The summed E-state index contributed by atoms with van der Waals surface area (Å²) < 4.78 is 5.49. The molecule has 1 heterocycles. The zero-order chi connectivity index (χ0) is 21.2. The van der Waals surface area contributed by atoms with Gasteiger partial charge in [-0.3, -0.25) is 9.59 Å². The summed E-state index contributed by atoms with van der Waals surface area (Å²) in [6.45, 7) is 2.15. The van der Waals surface area contributed by atoms with Crippen LogP contribution in [0.4, 0.5) is 0 Å². The van der Waals surface area contributed by atoms with Crippen LogP contribution >= 0.6 is 0 Å². The Bertz CT molecular complexity index is 836. The Morgan fingerprint density at radius 1 is 0.967 bits per heavy atom. The van der Waals surface area contributed by atoms with Crippen LogP contribution in [0.5, 0.6) is 0 Å². The van der Waals surface area contributed by atoms with Crippen LogP contribution in [0, 0.1) is 5.92 Å². The Hall–Kier alpha value is -2.68. The van der Waals surface area contributed by atoms with Crippen LogP contribution in [0.25, 0.3) is 0 Å². The van der Waals surface area contributed by atoms with Gasteiger partial charge in [-0.15, -0.1) is 0 Å². The van der Waals surface area contributed by atoms with Crippen LogP contribution in [0.1, 0.15) is 68.2 Å². The number of aryl methyl sites for hydroxylation is 2. The largest absolute Gasteiger partial charge is 0.457 e. The molecule has 1 fully saturated rings. The van der Waals surface area contributed by atoms with Crippen molar-refractivity contribution >= 4 is 11.8 Å². The number of esters is 1. The number of cyclic esters (lactones) is 1. The molecule has 0 aliphatic carbocycles. The number of unbranched alkanes of at least 4 members (excludes halogenated alkanes) is 3. The Balaban J connectivity index is 1.45. The van der Waals surface area contributed by atoms with Crippen LogP contribution in [-0.4, -0.2) is 11.8 Å². The molecule has 1 saturated heterocycles. The second-order valence-corrected chi connectivity index (χ2v) is 8.10. The topological polar surface area (TPSA) is 43.4 Å². The summed E-state index contributed by atoms with van der Waals surface area (Å²) in [4.78, 5) is 24.6. The van der Waals surface area contributed by atoms with Gasteiger partial charge in [-0.2, -0.15) is 0 Å². The minimum atomic E-state index is -0.462. The van der Waals surface area contributed by atoms with Gasteiger partial charge in [0.25, 0.3) is 0 Å². The van der Waals surface area contributed by atoms with E-state index in [9.17, 15) is 9.59 Å². The van der Waals surface area contributed by atoms with Crippen molar-refractivity contribution in [2.75, 3.05) is 0 Å². The van der Waals surface area contributed by atoms with Crippen LogP contribution in [0.2, 0.25) is 0 Å². The van der Waals surface area contributed by atoms with Crippen molar-refractivity contribution in [2.45, 2.75) is 64.4 Å². The lowest BCUT2D eigenvalue weighted by molar-refractivity contribution is -0.141. The number of carbonyl (C=O) groups excluding carboxylic acids is 2. The molecule has 30 heavy (non-hydrogen) atoms. The first kappa shape index (κ1) is 22.0.